The van der Waals surface area contributed by atoms with Crippen molar-refractivity contribution in [2.24, 2.45) is 0 Å². The minimum absolute atomic E-state index is 0.502. The average molecular weight is 713 g/mol. The van der Waals surface area contributed by atoms with Gasteiger partial charge < -0.3 is 9.13 Å². The van der Waals surface area contributed by atoms with E-state index >= 15 is 0 Å². The first-order valence-corrected chi connectivity index (χ1v) is 18.2. The molecule has 0 N–H and O–H groups in total. The van der Waals surface area contributed by atoms with Crippen LogP contribution in [0.5, 0.6) is 0 Å². The number of pyridine rings is 1. The molecule has 0 radical (unpaired) electrons. The number of benzene rings is 7. The first-order valence-electron chi connectivity index (χ1n) is 18.2. The fourth-order valence-electron chi connectivity index (χ4n) is 8.30. The molecule has 0 bridgehead atoms. The zero-order valence-electron chi connectivity index (χ0n) is 29.8. The fraction of sp³-hybridized carbons (Fsp3) is 0. The molecule has 0 fully saturated rings. The number of fused-ring (bicyclic) bond motifs is 6. The summed E-state index contributed by atoms with van der Waals surface area (Å²) in [5, 5.41) is 35.1. The summed E-state index contributed by atoms with van der Waals surface area (Å²) in [5.41, 5.74) is 12.7. The molecule has 3 aromatic heterocycles. The number of aromatic nitrogens is 3. The van der Waals surface area contributed by atoms with Crippen molar-refractivity contribution in [3.63, 3.8) is 0 Å². The highest BCUT2D eigenvalue weighted by Gasteiger charge is 2.24. The lowest BCUT2D eigenvalue weighted by Crippen LogP contribution is -2.05. The lowest BCUT2D eigenvalue weighted by molar-refractivity contribution is 1.13. The van der Waals surface area contributed by atoms with Crippen LogP contribution in [0.15, 0.2) is 170 Å². The van der Waals surface area contributed by atoms with E-state index < -0.39 is 0 Å². The maximum atomic E-state index is 10.8. The lowest BCUT2D eigenvalue weighted by atomic mass is 9.97. The Morgan fingerprint density at radius 3 is 1.32 bits per heavy atom. The highest BCUT2D eigenvalue weighted by molar-refractivity contribution is 6.13. The Hall–Kier alpha value is -8.24. The Balaban J connectivity index is 1.36. The second-order valence-corrected chi connectivity index (χ2v) is 13.7. The summed E-state index contributed by atoms with van der Waals surface area (Å²) in [6.07, 6.45) is 3.60. The fourth-order valence-corrected chi connectivity index (χ4v) is 8.30. The van der Waals surface area contributed by atoms with Crippen molar-refractivity contribution < 1.29 is 0 Å². The summed E-state index contributed by atoms with van der Waals surface area (Å²) in [6, 6.07) is 59.9. The van der Waals surface area contributed by atoms with E-state index in [1.807, 2.05) is 97.1 Å². The van der Waals surface area contributed by atoms with Crippen LogP contribution in [0, 0.1) is 34.0 Å². The Morgan fingerprint density at radius 2 is 0.839 bits per heavy atom. The lowest BCUT2D eigenvalue weighted by Gasteiger charge is -2.21. The van der Waals surface area contributed by atoms with E-state index in [1.54, 1.807) is 12.4 Å². The van der Waals surface area contributed by atoms with Gasteiger partial charge in [-0.3, -0.25) is 4.98 Å². The molecule has 6 heteroatoms. The molecule has 0 spiro atoms. The van der Waals surface area contributed by atoms with Crippen molar-refractivity contribution >= 4 is 43.6 Å². The molecule has 10 rings (SSSR count). The van der Waals surface area contributed by atoms with Crippen LogP contribution in [0.3, 0.4) is 0 Å². The smallest absolute Gasteiger partial charge is 0.0998 e. The first-order chi connectivity index (χ1) is 27.7. The highest BCUT2D eigenvalue weighted by atomic mass is 15.0. The van der Waals surface area contributed by atoms with Gasteiger partial charge >= 0.3 is 0 Å². The number of nitriles is 3. The van der Waals surface area contributed by atoms with Crippen LogP contribution in [-0.4, -0.2) is 14.1 Å². The van der Waals surface area contributed by atoms with Gasteiger partial charge in [0.2, 0.25) is 0 Å². The Bertz CT molecular complexity index is 3150. The standard InChI is InChI=1S/C50H28N6/c51-29-32-25-48(55-44-15-7-5-13-40(44)42-19-17-34(27-46(42)55)38-11-3-1-9-36(38)30-52)50(33-21-23-54-24-22-33)49(26-32)56-45-16-8-6-14-41(45)43-20-18-35(28-47(43)56)39-12-4-2-10-37(39)31-53/h1-28H. The Labute approximate surface area is 322 Å². The largest absolute Gasteiger partial charge is 0.308 e. The van der Waals surface area contributed by atoms with E-state index in [1.165, 1.54) is 0 Å². The van der Waals surface area contributed by atoms with Crippen molar-refractivity contribution in [2.75, 3.05) is 0 Å². The van der Waals surface area contributed by atoms with Crippen LogP contribution >= 0.6 is 0 Å². The molecule has 6 nitrogen and oxygen atoms in total. The Morgan fingerprint density at radius 1 is 0.393 bits per heavy atom. The van der Waals surface area contributed by atoms with Gasteiger partial charge in [-0.25, -0.2) is 0 Å². The van der Waals surface area contributed by atoms with Crippen molar-refractivity contribution in [1.29, 1.82) is 15.8 Å². The van der Waals surface area contributed by atoms with Crippen molar-refractivity contribution in [3.8, 4) is 63.0 Å². The van der Waals surface area contributed by atoms with E-state index in [9.17, 15) is 15.8 Å². The monoisotopic (exact) mass is 712 g/mol. The molecule has 0 aliphatic rings. The minimum Gasteiger partial charge on any atom is -0.308 e. The van der Waals surface area contributed by atoms with Crippen LogP contribution in [0.1, 0.15) is 16.7 Å². The zero-order chi connectivity index (χ0) is 37.8. The molecule has 0 atom stereocenters. The van der Waals surface area contributed by atoms with Gasteiger partial charge in [-0.2, -0.15) is 15.8 Å². The van der Waals surface area contributed by atoms with Crippen molar-refractivity contribution in [3.05, 3.63) is 187 Å². The molecule has 3 heterocycles. The van der Waals surface area contributed by atoms with Crippen LogP contribution < -0.4 is 0 Å². The topological polar surface area (TPSA) is 94.1 Å². The van der Waals surface area contributed by atoms with Crippen LogP contribution in [0.25, 0.3) is 88.4 Å². The summed E-state index contributed by atoms with van der Waals surface area (Å²) in [7, 11) is 0. The molecular formula is C50H28N6. The van der Waals surface area contributed by atoms with Crippen LogP contribution in [-0.2, 0) is 0 Å². The summed E-state index contributed by atoms with van der Waals surface area (Å²) < 4.78 is 4.51. The molecule has 0 amide bonds. The van der Waals surface area contributed by atoms with Crippen molar-refractivity contribution in [1.82, 2.24) is 14.1 Å². The number of nitrogens with zero attached hydrogens (tertiary/aromatic N) is 6. The number of hydrogen-bond donors (Lipinski definition) is 0. The van der Waals surface area contributed by atoms with Gasteiger partial charge in [0.25, 0.3) is 0 Å². The van der Waals surface area contributed by atoms with Crippen LogP contribution in [0.4, 0.5) is 0 Å². The molecule has 56 heavy (non-hydrogen) atoms. The zero-order valence-corrected chi connectivity index (χ0v) is 29.8. The second kappa shape index (κ2) is 13.0. The molecule has 0 aliphatic carbocycles. The summed E-state index contributed by atoms with van der Waals surface area (Å²) in [4.78, 5) is 4.39. The number of para-hydroxylation sites is 2. The summed E-state index contributed by atoms with van der Waals surface area (Å²) >= 11 is 0. The predicted molar refractivity (Wildman–Crippen MR) is 223 cm³/mol. The SMILES string of the molecule is N#Cc1cc(-n2c3ccccc3c3ccc(-c4ccccc4C#N)cc32)c(-c2ccncc2)c(-n2c3ccccc3c3ccc(-c4ccccc4C#N)cc32)c1. The first kappa shape index (κ1) is 32.4. The molecule has 10 aromatic rings. The number of hydrogen-bond acceptors (Lipinski definition) is 4. The quantitative estimate of drug-likeness (QED) is 0.177. The van der Waals surface area contributed by atoms with E-state index in [0.29, 0.717) is 16.7 Å². The normalized spacial score (nSPS) is 11.2. The van der Waals surface area contributed by atoms with Crippen LogP contribution in [0.2, 0.25) is 0 Å². The van der Waals surface area contributed by atoms with E-state index in [4.69, 9.17) is 0 Å². The summed E-state index contributed by atoms with van der Waals surface area (Å²) in [6.45, 7) is 0. The predicted octanol–water partition coefficient (Wildman–Crippen LogP) is 11.9. The molecule has 7 aromatic carbocycles. The second-order valence-electron chi connectivity index (χ2n) is 13.7. The number of rotatable bonds is 5. The van der Waals surface area contributed by atoms with Gasteiger partial charge in [0.1, 0.15) is 0 Å². The molecular weight excluding hydrogens is 685 g/mol. The third kappa shape index (κ3) is 4.97. The highest BCUT2D eigenvalue weighted by Crippen LogP contribution is 2.44. The van der Waals surface area contributed by atoms with Gasteiger partial charge in [0, 0.05) is 39.5 Å². The van der Waals surface area contributed by atoms with Crippen molar-refractivity contribution in [2.45, 2.75) is 0 Å². The third-order valence-electron chi connectivity index (χ3n) is 10.7. The van der Waals surface area contributed by atoms with E-state index in [-0.39, 0.29) is 0 Å². The van der Waals surface area contributed by atoms with E-state index in [0.717, 1.165) is 88.4 Å². The molecule has 258 valence electrons. The van der Waals surface area contributed by atoms with Gasteiger partial charge in [0.05, 0.1) is 68.3 Å². The van der Waals surface area contributed by atoms with Gasteiger partial charge in [-0.1, -0.05) is 97.1 Å². The average Bonchev–Trinajstić information content (AvgIpc) is 3.78. The minimum atomic E-state index is 0.502. The Kier molecular flexibility index (Phi) is 7.53. The third-order valence-corrected chi connectivity index (χ3v) is 10.7. The van der Waals surface area contributed by atoms with E-state index in [2.05, 4.69) is 93.0 Å². The molecule has 0 saturated heterocycles. The maximum absolute atomic E-state index is 10.8. The van der Waals surface area contributed by atoms with Gasteiger partial charge in [-0.15, -0.1) is 0 Å². The molecule has 0 saturated carbocycles. The molecule has 0 unspecified atom stereocenters. The van der Waals surface area contributed by atoms with Gasteiger partial charge in [0.15, 0.2) is 0 Å². The molecule has 0 aliphatic heterocycles. The summed E-state index contributed by atoms with van der Waals surface area (Å²) in [5.74, 6) is 0. The maximum Gasteiger partial charge on any atom is 0.0998 e. The van der Waals surface area contributed by atoms with Gasteiger partial charge in [-0.05, 0) is 88.5 Å².